The molecule has 0 saturated heterocycles. The molecule has 0 atom stereocenters. The summed E-state index contributed by atoms with van der Waals surface area (Å²) >= 11 is 5.19. The highest BCUT2D eigenvalue weighted by atomic mass is 32.1. The van der Waals surface area contributed by atoms with Gasteiger partial charge < -0.3 is 24.8 Å². The van der Waals surface area contributed by atoms with Gasteiger partial charge in [-0.3, -0.25) is 0 Å². The molecule has 0 fully saturated rings. The number of alkyl halides is 3. The number of anilines is 2. The van der Waals surface area contributed by atoms with Gasteiger partial charge in [-0.1, -0.05) is 0 Å². The molecule has 2 aromatic carbocycles. The number of hydrogen-bond donors (Lipinski definition) is 2. The van der Waals surface area contributed by atoms with Crippen LogP contribution in [0, 0.1) is 0 Å². The van der Waals surface area contributed by atoms with Gasteiger partial charge in [0.15, 0.2) is 16.6 Å². The summed E-state index contributed by atoms with van der Waals surface area (Å²) in [6.07, 6.45) is -4.38. The molecule has 9 heteroatoms. The summed E-state index contributed by atoms with van der Waals surface area (Å²) in [7, 11) is 4.46. The summed E-state index contributed by atoms with van der Waals surface area (Å²) < 4.78 is 53.5. The molecule has 0 saturated carbocycles. The maximum atomic E-state index is 12.6. The lowest BCUT2D eigenvalue weighted by molar-refractivity contribution is -0.137. The Kier molecular flexibility index (Phi) is 6.14. The number of ether oxygens (including phenoxy) is 3. The van der Waals surface area contributed by atoms with Crippen LogP contribution < -0.4 is 24.8 Å². The van der Waals surface area contributed by atoms with Gasteiger partial charge in [-0.25, -0.2) is 0 Å². The number of methoxy groups -OCH3 is 3. The second-order valence-corrected chi connectivity index (χ2v) is 5.48. The van der Waals surface area contributed by atoms with Crippen LogP contribution in [0.25, 0.3) is 0 Å². The molecule has 0 amide bonds. The van der Waals surface area contributed by atoms with Crippen LogP contribution in [0.2, 0.25) is 0 Å². The average Bonchev–Trinajstić information content (AvgIpc) is 2.60. The molecule has 2 rings (SSSR count). The third kappa shape index (κ3) is 4.69. The summed E-state index contributed by atoms with van der Waals surface area (Å²) in [5.41, 5.74) is 0.249. The third-order valence-electron chi connectivity index (χ3n) is 3.39. The molecule has 0 spiro atoms. The molecule has 140 valence electrons. The van der Waals surface area contributed by atoms with Crippen molar-refractivity contribution in [1.29, 1.82) is 0 Å². The smallest absolute Gasteiger partial charge is 0.416 e. The number of nitrogens with one attached hydrogen (secondary N) is 2. The first-order valence-corrected chi connectivity index (χ1v) is 7.74. The van der Waals surface area contributed by atoms with Crippen LogP contribution in [-0.2, 0) is 6.18 Å². The summed E-state index contributed by atoms with van der Waals surface area (Å²) in [4.78, 5) is 0. The van der Waals surface area contributed by atoms with E-state index in [-0.39, 0.29) is 5.11 Å². The lowest BCUT2D eigenvalue weighted by atomic mass is 10.2. The number of hydrogen-bond acceptors (Lipinski definition) is 4. The van der Waals surface area contributed by atoms with Gasteiger partial charge in [0.1, 0.15) is 0 Å². The molecule has 2 N–H and O–H groups in total. The Balaban J connectivity index is 2.12. The normalized spacial score (nSPS) is 10.8. The molecular formula is C17H17F3N2O3S. The van der Waals surface area contributed by atoms with Crippen molar-refractivity contribution >= 4 is 28.7 Å². The van der Waals surface area contributed by atoms with Crippen molar-refractivity contribution in [3.05, 3.63) is 42.0 Å². The summed E-state index contributed by atoms with van der Waals surface area (Å²) in [6, 6.07) is 7.86. The van der Waals surface area contributed by atoms with Crippen molar-refractivity contribution in [3.8, 4) is 17.2 Å². The first-order chi connectivity index (χ1) is 12.3. The molecule has 5 nitrogen and oxygen atoms in total. The van der Waals surface area contributed by atoms with E-state index in [1.807, 2.05) is 0 Å². The molecule has 2 aromatic rings. The van der Waals surface area contributed by atoms with Gasteiger partial charge in [0.2, 0.25) is 5.75 Å². The fourth-order valence-electron chi connectivity index (χ4n) is 2.19. The molecule has 0 bridgehead atoms. The maximum Gasteiger partial charge on any atom is 0.416 e. The number of benzene rings is 2. The number of thiocarbonyl (C=S) groups is 1. The quantitative estimate of drug-likeness (QED) is 0.736. The Morgan fingerprint density at radius 1 is 0.846 bits per heavy atom. The SMILES string of the molecule is COc1cc(NC(=S)Nc2ccc(C(F)(F)F)cc2)cc(OC)c1OC. The lowest BCUT2D eigenvalue weighted by Crippen LogP contribution is -2.19. The van der Waals surface area contributed by atoms with Gasteiger partial charge in [0.05, 0.1) is 26.9 Å². The van der Waals surface area contributed by atoms with Crippen molar-refractivity contribution in [1.82, 2.24) is 0 Å². The summed E-state index contributed by atoms with van der Waals surface area (Å²) in [5.74, 6) is 1.31. The zero-order chi connectivity index (χ0) is 19.3. The van der Waals surface area contributed by atoms with Gasteiger partial charge in [-0.05, 0) is 36.5 Å². The first kappa shape index (κ1) is 19.6. The van der Waals surface area contributed by atoms with Gasteiger partial charge in [-0.2, -0.15) is 13.2 Å². The molecule has 0 aliphatic heterocycles. The number of halogens is 3. The van der Waals surface area contributed by atoms with Gasteiger partial charge in [-0.15, -0.1) is 0 Å². The number of rotatable bonds is 5. The molecule has 0 aliphatic rings. The minimum atomic E-state index is -4.38. The standard InChI is InChI=1S/C17H17F3N2O3S/c1-23-13-8-12(9-14(24-2)15(13)25-3)22-16(26)21-11-6-4-10(5-7-11)17(18,19)20/h4-9H,1-3H3,(H2,21,22,26). The van der Waals surface area contributed by atoms with Crippen LogP contribution in [0.5, 0.6) is 17.2 Å². The fraction of sp³-hybridized carbons (Fsp3) is 0.235. The van der Waals surface area contributed by atoms with Gasteiger partial charge >= 0.3 is 6.18 Å². The van der Waals surface area contributed by atoms with Crippen molar-refractivity contribution in [3.63, 3.8) is 0 Å². The highest BCUT2D eigenvalue weighted by Gasteiger charge is 2.29. The topological polar surface area (TPSA) is 51.8 Å². The van der Waals surface area contributed by atoms with Crippen LogP contribution in [-0.4, -0.2) is 26.4 Å². The van der Waals surface area contributed by atoms with E-state index in [2.05, 4.69) is 10.6 Å². The van der Waals surface area contributed by atoms with E-state index < -0.39 is 11.7 Å². The van der Waals surface area contributed by atoms with E-state index >= 15 is 0 Å². The van der Waals surface area contributed by atoms with Crippen molar-refractivity contribution < 1.29 is 27.4 Å². The minimum absolute atomic E-state index is 0.194. The van der Waals surface area contributed by atoms with Crippen molar-refractivity contribution in [2.75, 3.05) is 32.0 Å². The van der Waals surface area contributed by atoms with Crippen molar-refractivity contribution in [2.24, 2.45) is 0 Å². The molecular weight excluding hydrogens is 369 g/mol. The van der Waals surface area contributed by atoms with Crippen LogP contribution in [0.15, 0.2) is 36.4 Å². The summed E-state index contributed by atoms with van der Waals surface area (Å²) in [6.45, 7) is 0. The Labute approximate surface area is 154 Å². The van der Waals surface area contributed by atoms with E-state index in [4.69, 9.17) is 26.4 Å². The van der Waals surface area contributed by atoms with E-state index in [0.29, 0.717) is 28.6 Å². The van der Waals surface area contributed by atoms with Crippen LogP contribution in [0.3, 0.4) is 0 Å². The molecule has 0 aromatic heterocycles. The largest absolute Gasteiger partial charge is 0.493 e. The average molecular weight is 386 g/mol. The van der Waals surface area contributed by atoms with Crippen LogP contribution in [0.4, 0.5) is 24.5 Å². The second-order valence-electron chi connectivity index (χ2n) is 5.07. The Morgan fingerprint density at radius 2 is 1.35 bits per heavy atom. The third-order valence-corrected chi connectivity index (χ3v) is 3.60. The van der Waals surface area contributed by atoms with Gasteiger partial charge in [0, 0.05) is 23.5 Å². The van der Waals surface area contributed by atoms with E-state index in [9.17, 15) is 13.2 Å². The zero-order valence-corrected chi connectivity index (χ0v) is 15.0. The fourth-order valence-corrected chi connectivity index (χ4v) is 2.42. The molecule has 0 aliphatic carbocycles. The van der Waals surface area contributed by atoms with E-state index in [0.717, 1.165) is 12.1 Å². The highest BCUT2D eigenvalue weighted by molar-refractivity contribution is 7.80. The van der Waals surface area contributed by atoms with Gasteiger partial charge in [0.25, 0.3) is 0 Å². The monoisotopic (exact) mass is 386 g/mol. The first-order valence-electron chi connectivity index (χ1n) is 7.33. The van der Waals surface area contributed by atoms with Crippen LogP contribution >= 0.6 is 12.2 Å². The lowest BCUT2D eigenvalue weighted by Gasteiger charge is -2.16. The molecule has 0 unspecified atom stereocenters. The Bertz CT molecular complexity index is 755. The van der Waals surface area contributed by atoms with Crippen molar-refractivity contribution in [2.45, 2.75) is 6.18 Å². The Morgan fingerprint density at radius 3 is 1.77 bits per heavy atom. The minimum Gasteiger partial charge on any atom is -0.493 e. The van der Waals surface area contributed by atoms with E-state index in [1.54, 1.807) is 12.1 Å². The summed E-state index contributed by atoms with van der Waals surface area (Å²) in [5, 5.41) is 5.92. The molecule has 26 heavy (non-hydrogen) atoms. The maximum absolute atomic E-state index is 12.6. The van der Waals surface area contributed by atoms with E-state index in [1.165, 1.54) is 33.5 Å². The highest BCUT2D eigenvalue weighted by Crippen LogP contribution is 2.40. The Hall–Kier alpha value is -2.68. The zero-order valence-electron chi connectivity index (χ0n) is 14.2. The van der Waals surface area contributed by atoms with Crippen LogP contribution in [0.1, 0.15) is 5.56 Å². The predicted octanol–water partition coefficient (Wildman–Crippen LogP) is 4.54. The second kappa shape index (κ2) is 8.13. The predicted molar refractivity (Wildman–Crippen MR) is 97.4 cm³/mol. The molecule has 0 radical (unpaired) electrons. The molecule has 0 heterocycles.